The molecule has 0 fully saturated rings. The van der Waals surface area contributed by atoms with Gasteiger partial charge in [-0.1, -0.05) is 6.92 Å². The van der Waals surface area contributed by atoms with Crippen LogP contribution in [0.1, 0.15) is 31.5 Å². The zero-order chi connectivity index (χ0) is 11.8. The molecule has 0 aliphatic carbocycles. The van der Waals surface area contributed by atoms with Crippen LogP contribution in [0.15, 0.2) is 10.4 Å². The van der Waals surface area contributed by atoms with Gasteiger partial charge in [-0.15, -0.1) is 11.3 Å². The van der Waals surface area contributed by atoms with E-state index in [1.54, 1.807) is 11.3 Å². The number of aliphatic imine (C=N–C) groups is 1. The Bertz CT molecular complexity index is 324. The first-order valence-corrected chi connectivity index (χ1v) is 6.63. The molecule has 1 heterocycles. The van der Waals surface area contributed by atoms with Gasteiger partial charge in [0.05, 0.1) is 17.2 Å². The van der Waals surface area contributed by atoms with E-state index < -0.39 is 0 Å². The Kier molecular flexibility index (Phi) is 5.85. The molecule has 4 nitrogen and oxygen atoms in total. The molecule has 0 amide bonds. The predicted molar refractivity (Wildman–Crippen MR) is 70.0 cm³/mol. The van der Waals surface area contributed by atoms with Gasteiger partial charge in [0, 0.05) is 18.5 Å². The van der Waals surface area contributed by atoms with Crippen molar-refractivity contribution in [1.29, 1.82) is 0 Å². The Hall–Kier alpha value is -1.10. The van der Waals surface area contributed by atoms with Gasteiger partial charge in [0.1, 0.15) is 0 Å². The lowest BCUT2D eigenvalue weighted by molar-refractivity contribution is 0.834. The van der Waals surface area contributed by atoms with Crippen molar-refractivity contribution in [3.63, 3.8) is 0 Å². The molecule has 5 heteroatoms. The average molecular weight is 240 g/mol. The van der Waals surface area contributed by atoms with Crippen LogP contribution >= 0.6 is 11.3 Å². The van der Waals surface area contributed by atoms with Crippen LogP contribution in [0.4, 0.5) is 0 Å². The summed E-state index contributed by atoms with van der Waals surface area (Å²) in [5.41, 5.74) is 1.05. The third kappa shape index (κ3) is 4.18. The first-order valence-electron chi connectivity index (χ1n) is 5.75. The maximum absolute atomic E-state index is 4.48. The fourth-order valence-electron chi connectivity index (χ4n) is 1.25. The number of thiazole rings is 1. The minimum Gasteiger partial charge on any atom is -0.357 e. The Morgan fingerprint density at radius 1 is 1.31 bits per heavy atom. The maximum Gasteiger partial charge on any atom is 0.191 e. The van der Waals surface area contributed by atoms with E-state index >= 15 is 0 Å². The summed E-state index contributed by atoms with van der Waals surface area (Å²) in [6.07, 6.45) is 1.00. The molecule has 1 aromatic heterocycles. The van der Waals surface area contributed by atoms with Crippen molar-refractivity contribution in [2.24, 2.45) is 4.99 Å². The molecular formula is C11H20N4S. The van der Waals surface area contributed by atoms with Gasteiger partial charge in [-0.2, -0.15) is 0 Å². The lowest BCUT2D eigenvalue weighted by Gasteiger charge is -2.08. The molecule has 0 unspecified atom stereocenters. The molecule has 16 heavy (non-hydrogen) atoms. The first kappa shape index (κ1) is 13.0. The highest BCUT2D eigenvalue weighted by Gasteiger charge is 2.00. The van der Waals surface area contributed by atoms with E-state index in [9.17, 15) is 0 Å². The summed E-state index contributed by atoms with van der Waals surface area (Å²) in [7, 11) is 0. The predicted octanol–water partition coefficient (Wildman–Crippen LogP) is 1.78. The van der Waals surface area contributed by atoms with E-state index in [4.69, 9.17) is 0 Å². The largest absolute Gasteiger partial charge is 0.357 e. The smallest absolute Gasteiger partial charge is 0.191 e. The van der Waals surface area contributed by atoms with Crippen molar-refractivity contribution in [3.05, 3.63) is 16.1 Å². The topological polar surface area (TPSA) is 49.3 Å². The molecule has 0 aromatic carbocycles. The first-order chi connectivity index (χ1) is 7.80. The fourth-order valence-corrected chi connectivity index (χ4v) is 1.99. The van der Waals surface area contributed by atoms with Crippen molar-refractivity contribution < 1.29 is 0 Å². The van der Waals surface area contributed by atoms with E-state index in [0.717, 1.165) is 31.2 Å². The summed E-state index contributed by atoms with van der Waals surface area (Å²) < 4.78 is 0. The highest BCUT2D eigenvalue weighted by Crippen LogP contribution is 2.10. The Morgan fingerprint density at radius 2 is 2.00 bits per heavy atom. The number of aryl methyl sites for hydroxylation is 1. The third-order valence-electron chi connectivity index (χ3n) is 1.99. The molecule has 0 aliphatic heterocycles. The van der Waals surface area contributed by atoms with Gasteiger partial charge in [0.15, 0.2) is 5.96 Å². The highest BCUT2D eigenvalue weighted by atomic mass is 32.1. The van der Waals surface area contributed by atoms with Gasteiger partial charge in [0.25, 0.3) is 0 Å². The van der Waals surface area contributed by atoms with Crippen LogP contribution in [-0.4, -0.2) is 24.0 Å². The number of nitrogens with one attached hydrogen (secondary N) is 2. The molecule has 0 radical (unpaired) electrons. The van der Waals surface area contributed by atoms with Crippen LogP contribution in [0.2, 0.25) is 0 Å². The summed E-state index contributed by atoms with van der Waals surface area (Å²) >= 11 is 1.71. The lowest BCUT2D eigenvalue weighted by atomic mass is 10.5. The number of hydrogen-bond acceptors (Lipinski definition) is 3. The van der Waals surface area contributed by atoms with Crippen molar-refractivity contribution in [2.45, 2.75) is 33.7 Å². The Labute approximate surface area is 101 Å². The van der Waals surface area contributed by atoms with E-state index in [1.807, 2.05) is 0 Å². The van der Waals surface area contributed by atoms with Gasteiger partial charge in [-0.3, -0.25) is 0 Å². The second kappa shape index (κ2) is 7.22. The van der Waals surface area contributed by atoms with Crippen molar-refractivity contribution in [3.8, 4) is 0 Å². The van der Waals surface area contributed by atoms with Gasteiger partial charge in [-0.05, 0) is 20.3 Å². The lowest BCUT2D eigenvalue weighted by Crippen LogP contribution is -2.36. The van der Waals surface area contributed by atoms with Crippen molar-refractivity contribution in [2.75, 3.05) is 13.1 Å². The summed E-state index contributed by atoms with van der Waals surface area (Å²) in [6.45, 7) is 8.64. The van der Waals surface area contributed by atoms with Crippen LogP contribution in [0.25, 0.3) is 0 Å². The molecule has 0 aliphatic rings. The summed E-state index contributed by atoms with van der Waals surface area (Å²) in [4.78, 5) is 8.94. The average Bonchev–Trinajstić information content (AvgIpc) is 2.74. The van der Waals surface area contributed by atoms with Crippen LogP contribution < -0.4 is 10.6 Å². The van der Waals surface area contributed by atoms with E-state index in [2.05, 4.69) is 46.8 Å². The number of aromatic nitrogens is 1. The number of nitrogens with zero attached hydrogens (tertiary/aromatic N) is 2. The molecule has 0 atom stereocenters. The normalized spacial score (nSPS) is 9.94. The van der Waals surface area contributed by atoms with Gasteiger partial charge in [0.2, 0.25) is 0 Å². The van der Waals surface area contributed by atoms with E-state index in [0.29, 0.717) is 6.54 Å². The standard InChI is InChI=1S/C11H20N4S/c1-4-10-15-9(8-16-10)7-14-11(12-5-2)13-6-3/h8H,4-7H2,1-3H3,(H2,12,13,14). The highest BCUT2D eigenvalue weighted by molar-refractivity contribution is 7.09. The number of hydrogen-bond donors (Lipinski definition) is 2. The van der Waals surface area contributed by atoms with Crippen molar-refractivity contribution >= 4 is 17.3 Å². The molecule has 90 valence electrons. The Morgan fingerprint density at radius 3 is 2.50 bits per heavy atom. The van der Waals surface area contributed by atoms with Gasteiger partial charge < -0.3 is 10.6 Å². The van der Waals surface area contributed by atoms with Gasteiger partial charge >= 0.3 is 0 Å². The van der Waals surface area contributed by atoms with Crippen molar-refractivity contribution in [1.82, 2.24) is 15.6 Å². The van der Waals surface area contributed by atoms with Crippen LogP contribution in [0, 0.1) is 0 Å². The molecule has 2 N–H and O–H groups in total. The maximum atomic E-state index is 4.48. The second-order valence-electron chi connectivity index (χ2n) is 3.31. The summed E-state index contributed by atoms with van der Waals surface area (Å²) in [5, 5.41) is 9.64. The van der Waals surface area contributed by atoms with E-state index in [1.165, 1.54) is 5.01 Å². The molecule has 0 saturated carbocycles. The molecule has 0 saturated heterocycles. The minimum atomic E-state index is 0.645. The monoisotopic (exact) mass is 240 g/mol. The SMILES string of the molecule is CCNC(=NCc1csc(CC)n1)NCC. The molecule has 1 aromatic rings. The van der Waals surface area contributed by atoms with Crippen LogP contribution in [-0.2, 0) is 13.0 Å². The molecule has 1 rings (SSSR count). The third-order valence-corrected chi connectivity index (χ3v) is 3.03. The Balaban J connectivity index is 2.54. The van der Waals surface area contributed by atoms with Gasteiger partial charge in [-0.25, -0.2) is 9.98 Å². The number of guanidine groups is 1. The quantitative estimate of drug-likeness (QED) is 0.609. The van der Waals surface area contributed by atoms with Crippen LogP contribution in [0.3, 0.4) is 0 Å². The summed E-state index contributed by atoms with van der Waals surface area (Å²) in [6, 6.07) is 0. The summed E-state index contributed by atoms with van der Waals surface area (Å²) in [5.74, 6) is 0.857. The molecule has 0 bridgehead atoms. The van der Waals surface area contributed by atoms with Crippen LogP contribution in [0.5, 0.6) is 0 Å². The number of rotatable bonds is 5. The zero-order valence-electron chi connectivity index (χ0n) is 10.2. The molecule has 0 spiro atoms. The zero-order valence-corrected chi connectivity index (χ0v) is 11.0. The second-order valence-corrected chi connectivity index (χ2v) is 4.25. The molecular weight excluding hydrogens is 220 g/mol. The van der Waals surface area contributed by atoms with E-state index in [-0.39, 0.29) is 0 Å². The fraction of sp³-hybridized carbons (Fsp3) is 0.636. The minimum absolute atomic E-state index is 0.645.